The van der Waals surface area contributed by atoms with Crippen LogP contribution in [0.1, 0.15) is 51.5 Å². The van der Waals surface area contributed by atoms with Crippen LogP contribution in [0.2, 0.25) is 0 Å². The summed E-state index contributed by atoms with van der Waals surface area (Å²) in [6, 6.07) is 17.4. The predicted octanol–water partition coefficient (Wildman–Crippen LogP) is 5.02. The Balaban J connectivity index is 1.57. The van der Waals surface area contributed by atoms with Crippen molar-refractivity contribution < 1.29 is 19.1 Å². The minimum atomic E-state index is -0.286. The highest BCUT2D eigenvalue weighted by Crippen LogP contribution is 2.17. The van der Waals surface area contributed by atoms with Crippen molar-refractivity contribution in [2.45, 2.75) is 58.5 Å². The summed E-state index contributed by atoms with van der Waals surface area (Å²) in [5, 5.41) is 5.81. The fourth-order valence-corrected chi connectivity index (χ4v) is 3.09. The molecule has 0 radical (unpaired) electrons. The third-order valence-corrected chi connectivity index (χ3v) is 4.98. The predicted molar refractivity (Wildman–Crippen MR) is 131 cm³/mol. The van der Waals surface area contributed by atoms with Gasteiger partial charge >= 0.3 is 5.97 Å². The largest absolute Gasteiger partial charge is 0.491 e. The van der Waals surface area contributed by atoms with Crippen LogP contribution in [-0.2, 0) is 20.7 Å². The van der Waals surface area contributed by atoms with Gasteiger partial charge in [-0.05, 0) is 74.7 Å². The Morgan fingerprint density at radius 3 is 2.41 bits per heavy atom. The second kappa shape index (κ2) is 14.2. The van der Waals surface area contributed by atoms with E-state index in [1.165, 1.54) is 5.56 Å². The Morgan fingerprint density at radius 2 is 1.72 bits per heavy atom. The van der Waals surface area contributed by atoms with Crippen LogP contribution >= 0.6 is 12.2 Å². The molecule has 0 aliphatic carbocycles. The molecule has 2 rings (SSSR count). The molecule has 0 heterocycles. The van der Waals surface area contributed by atoms with Crippen molar-refractivity contribution >= 4 is 34.9 Å². The molecule has 0 saturated carbocycles. The maximum Gasteiger partial charge on any atom is 0.305 e. The number of anilines is 1. The van der Waals surface area contributed by atoms with Crippen LogP contribution in [0, 0.1) is 0 Å². The van der Waals surface area contributed by atoms with E-state index >= 15 is 0 Å². The van der Waals surface area contributed by atoms with Gasteiger partial charge in [0.25, 0.3) is 0 Å². The maximum absolute atomic E-state index is 12.0. The van der Waals surface area contributed by atoms with E-state index in [4.69, 9.17) is 21.7 Å². The summed E-state index contributed by atoms with van der Waals surface area (Å²) in [4.78, 5) is 23.9. The van der Waals surface area contributed by atoms with Crippen LogP contribution in [0.15, 0.2) is 54.6 Å². The van der Waals surface area contributed by atoms with E-state index in [2.05, 4.69) is 29.7 Å². The zero-order valence-corrected chi connectivity index (χ0v) is 19.6. The van der Waals surface area contributed by atoms with Gasteiger partial charge in [-0.15, -0.1) is 0 Å². The maximum atomic E-state index is 12.0. The van der Waals surface area contributed by atoms with Gasteiger partial charge in [0.05, 0.1) is 12.7 Å². The summed E-state index contributed by atoms with van der Waals surface area (Å²) >= 11 is 5.18. The van der Waals surface area contributed by atoms with E-state index in [9.17, 15) is 9.59 Å². The van der Waals surface area contributed by atoms with Crippen molar-refractivity contribution in [1.82, 2.24) is 5.32 Å². The molecule has 0 bridgehead atoms. The van der Waals surface area contributed by atoms with Crippen molar-refractivity contribution in [3.05, 3.63) is 60.2 Å². The number of esters is 1. The molecule has 0 fully saturated rings. The summed E-state index contributed by atoms with van der Waals surface area (Å²) in [6.07, 6.45) is 3.55. The number of aryl methyl sites for hydroxylation is 1. The molecule has 6 nitrogen and oxygen atoms in total. The molecule has 2 aromatic rings. The molecular weight excluding hydrogens is 424 g/mol. The molecular formula is C25H32N2O4S. The van der Waals surface area contributed by atoms with Crippen LogP contribution < -0.4 is 15.4 Å². The quantitative estimate of drug-likeness (QED) is 0.265. The van der Waals surface area contributed by atoms with Crippen molar-refractivity contribution in [2.24, 2.45) is 0 Å². The van der Waals surface area contributed by atoms with Gasteiger partial charge in [-0.2, -0.15) is 0 Å². The zero-order chi connectivity index (χ0) is 23.2. The lowest BCUT2D eigenvalue weighted by Crippen LogP contribution is -2.34. The number of hydrogen-bond acceptors (Lipinski definition) is 5. The van der Waals surface area contributed by atoms with Crippen LogP contribution in [-0.4, -0.2) is 29.7 Å². The number of amides is 1. The Morgan fingerprint density at radius 1 is 1.00 bits per heavy atom. The molecule has 0 saturated heterocycles. The Labute approximate surface area is 195 Å². The third-order valence-electron chi connectivity index (χ3n) is 4.78. The summed E-state index contributed by atoms with van der Waals surface area (Å²) in [5.74, 6) is 0.258. The van der Waals surface area contributed by atoms with Crippen LogP contribution in [0.4, 0.5) is 5.69 Å². The van der Waals surface area contributed by atoms with Gasteiger partial charge in [0.1, 0.15) is 5.75 Å². The van der Waals surface area contributed by atoms with Crippen LogP contribution in [0.5, 0.6) is 5.75 Å². The molecule has 0 aliphatic rings. The van der Waals surface area contributed by atoms with Gasteiger partial charge in [-0.3, -0.25) is 9.59 Å². The second-order valence-electron chi connectivity index (χ2n) is 7.53. The summed E-state index contributed by atoms with van der Waals surface area (Å²) in [6.45, 7) is 4.47. The second-order valence-corrected chi connectivity index (χ2v) is 7.93. The van der Waals surface area contributed by atoms with Crippen LogP contribution in [0.25, 0.3) is 0 Å². The van der Waals surface area contributed by atoms with Gasteiger partial charge in [-0.25, -0.2) is 0 Å². The van der Waals surface area contributed by atoms with Gasteiger partial charge in [0.15, 0.2) is 5.11 Å². The van der Waals surface area contributed by atoms with E-state index in [0.29, 0.717) is 13.0 Å². The van der Waals surface area contributed by atoms with Crippen LogP contribution in [0.3, 0.4) is 0 Å². The average Bonchev–Trinajstić information content (AvgIpc) is 2.78. The lowest BCUT2D eigenvalue weighted by Gasteiger charge is -2.13. The lowest BCUT2D eigenvalue weighted by atomic mass is 10.1. The fourth-order valence-electron chi connectivity index (χ4n) is 2.86. The van der Waals surface area contributed by atoms with E-state index in [0.717, 1.165) is 30.7 Å². The van der Waals surface area contributed by atoms with Crippen molar-refractivity contribution in [3.8, 4) is 5.75 Å². The zero-order valence-electron chi connectivity index (χ0n) is 18.8. The number of carbonyl (C=O) groups is 2. The van der Waals surface area contributed by atoms with E-state index in [1.54, 1.807) is 0 Å². The molecule has 7 heteroatoms. The molecule has 1 unspecified atom stereocenters. The number of carbonyl (C=O) groups excluding carboxylic acids is 2. The summed E-state index contributed by atoms with van der Waals surface area (Å²) in [5.41, 5.74) is 1.98. The SMILES string of the molecule is CCC(C)Oc1ccc(NC(=S)NC(=O)CCCC(=O)OCCCc2ccccc2)cc1. The molecule has 0 aromatic heterocycles. The summed E-state index contributed by atoms with van der Waals surface area (Å²) in [7, 11) is 0. The number of nitrogens with one attached hydrogen (secondary N) is 2. The molecule has 172 valence electrons. The van der Waals surface area contributed by atoms with E-state index in [1.807, 2.05) is 49.4 Å². The Bertz CT molecular complexity index is 856. The number of benzene rings is 2. The number of rotatable bonds is 12. The standard InChI is InChI=1S/C25H32N2O4S/c1-3-19(2)31-22-16-14-21(15-17-22)26-25(32)27-23(28)12-7-13-24(29)30-18-8-11-20-9-5-4-6-10-20/h4-6,9-10,14-17,19H,3,7-8,11-13,18H2,1-2H3,(H2,26,27,28,32). The van der Waals surface area contributed by atoms with Gasteiger partial charge < -0.3 is 20.1 Å². The number of ether oxygens (including phenoxy) is 2. The number of hydrogen-bond donors (Lipinski definition) is 2. The first-order chi connectivity index (χ1) is 15.5. The average molecular weight is 457 g/mol. The molecule has 0 spiro atoms. The first-order valence-corrected chi connectivity index (χ1v) is 11.4. The highest BCUT2D eigenvalue weighted by Gasteiger charge is 2.09. The minimum absolute atomic E-state index is 0.153. The Hall–Kier alpha value is -2.93. The van der Waals surface area contributed by atoms with Gasteiger partial charge in [0, 0.05) is 18.5 Å². The molecule has 2 N–H and O–H groups in total. The molecule has 1 atom stereocenters. The molecule has 2 aromatic carbocycles. The van der Waals surface area contributed by atoms with E-state index in [-0.39, 0.29) is 35.9 Å². The normalized spacial score (nSPS) is 11.3. The van der Waals surface area contributed by atoms with Gasteiger partial charge in [0.2, 0.25) is 5.91 Å². The highest BCUT2D eigenvalue weighted by molar-refractivity contribution is 7.80. The minimum Gasteiger partial charge on any atom is -0.491 e. The Kier molecular flexibility index (Phi) is 11.2. The third kappa shape index (κ3) is 10.4. The van der Waals surface area contributed by atoms with Crippen molar-refractivity contribution in [3.63, 3.8) is 0 Å². The monoisotopic (exact) mass is 456 g/mol. The van der Waals surface area contributed by atoms with Crippen molar-refractivity contribution in [2.75, 3.05) is 11.9 Å². The fraction of sp³-hybridized carbons (Fsp3) is 0.400. The lowest BCUT2D eigenvalue weighted by molar-refractivity contribution is -0.143. The summed E-state index contributed by atoms with van der Waals surface area (Å²) < 4.78 is 11.0. The smallest absolute Gasteiger partial charge is 0.305 e. The molecule has 32 heavy (non-hydrogen) atoms. The molecule has 1 amide bonds. The van der Waals surface area contributed by atoms with E-state index < -0.39 is 0 Å². The topological polar surface area (TPSA) is 76.7 Å². The highest BCUT2D eigenvalue weighted by atomic mass is 32.1. The first kappa shape index (κ1) is 25.3. The molecule has 0 aliphatic heterocycles. The number of thiocarbonyl (C=S) groups is 1. The van der Waals surface area contributed by atoms with Crippen molar-refractivity contribution in [1.29, 1.82) is 0 Å². The first-order valence-electron chi connectivity index (χ1n) is 11.0. The van der Waals surface area contributed by atoms with Gasteiger partial charge in [-0.1, -0.05) is 37.3 Å².